The Morgan fingerprint density at radius 2 is 1.18 bits per heavy atom. The second-order valence-electron chi connectivity index (χ2n) is 15.9. The smallest absolute Gasteiger partial charge is 0.135 e. The van der Waals surface area contributed by atoms with Crippen molar-refractivity contribution in [3.05, 3.63) is 188 Å². The summed E-state index contributed by atoms with van der Waals surface area (Å²) < 4.78 is 6.54. The SMILES string of the molecule is CC(C)(C)c1ccnc(N(c2[c-]c(Oc3[c-]c(N4[CH-]N(c5cc(C(C)(C)C)ccc5-c5ccccc5)c5ccccc54)ccc3)ccc2)c2ccccc2)c1.[Pt]. The predicted octanol–water partition coefficient (Wildman–Crippen LogP) is 13.6. The molecule has 0 unspecified atom stereocenters. The summed E-state index contributed by atoms with van der Waals surface area (Å²) in [6, 6.07) is 59.5. The molecular weight excluding hydrogens is 868 g/mol. The van der Waals surface area contributed by atoms with E-state index < -0.39 is 0 Å². The van der Waals surface area contributed by atoms with Crippen LogP contribution in [0, 0.1) is 18.8 Å². The van der Waals surface area contributed by atoms with Gasteiger partial charge in [-0.15, -0.1) is 48.8 Å². The largest absolute Gasteiger partial charge is 0.509 e. The van der Waals surface area contributed by atoms with Gasteiger partial charge in [-0.05, 0) is 70.0 Å². The summed E-state index contributed by atoms with van der Waals surface area (Å²) >= 11 is 0. The average molecular weight is 913 g/mol. The summed E-state index contributed by atoms with van der Waals surface area (Å²) in [4.78, 5) is 11.4. The number of benzene rings is 6. The normalized spacial score (nSPS) is 12.5. The van der Waals surface area contributed by atoms with Gasteiger partial charge in [0.2, 0.25) is 0 Å². The van der Waals surface area contributed by atoms with E-state index >= 15 is 0 Å². The molecule has 2 heterocycles. The second-order valence-corrected chi connectivity index (χ2v) is 15.9. The fraction of sp³-hybridized carbons (Fsp3) is 0.160. The standard InChI is InChI=1S/C50H45N4O.Pt/c1-49(2,3)37-27-28-44(36-17-9-7-10-18-36)47(31-37)53-35-52(45-25-13-14-26-46(45)53)40-21-15-23-42(33-40)55-43-24-16-22-41(34-43)54(39-19-11-8-12-20-39)48-32-38(29-30-51-48)50(4,5)6;/h7-32,35H,1-6H3;/q-3;. The minimum Gasteiger partial charge on any atom is -0.509 e. The van der Waals surface area contributed by atoms with E-state index in [4.69, 9.17) is 9.72 Å². The monoisotopic (exact) mass is 912 g/mol. The molecule has 6 aromatic carbocycles. The molecular formula is C50H45N4OPt-3. The molecule has 1 aromatic heterocycles. The van der Waals surface area contributed by atoms with Gasteiger partial charge in [0.15, 0.2) is 0 Å². The van der Waals surface area contributed by atoms with Gasteiger partial charge >= 0.3 is 0 Å². The molecule has 7 aromatic rings. The van der Waals surface area contributed by atoms with Gasteiger partial charge in [-0.1, -0.05) is 120 Å². The van der Waals surface area contributed by atoms with Gasteiger partial charge in [0.05, 0.1) is 0 Å². The number of hydrogen-bond donors (Lipinski definition) is 0. The molecule has 56 heavy (non-hydrogen) atoms. The van der Waals surface area contributed by atoms with Crippen LogP contribution in [0.4, 0.5) is 39.9 Å². The average Bonchev–Trinajstić information content (AvgIpc) is 3.58. The van der Waals surface area contributed by atoms with Crippen LogP contribution in [-0.2, 0) is 31.9 Å². The third-order valence-electron chi connectivity index (χ3n) is 9.92. The topological polar surface area (TPSA) is 31.8 Å². The molecule has 0 N–H and O–H groups in total. The van der Waals surface area contributed by atoms with Crippen molar-refractivity contribution in [3.8, 4) is 22.6 Å². The fourth-order valence-electron chi connectivity index (χ4n) is 6.91. The van der Waals surface area contributed by atoms with Crippen molar-refractivity contribution in [2.75, 3.05) is 14.7 Å². The van der Waals surface area contributed by atoms with Crippen LogP contribution in [0.25, 0.3) is 11.1 Å². The van der Waals surface area contributed by atoms with Crippen LogP contribution in [0.3, 0.4) is 0 Å². The van der Waals surface area contributed by atoms with Gasteiger partial charge < -0.3 is 19.4 Å². The van der Waals surface area contributed by atoms with Crippen LogP contribution in [0.1, 0.15) is 52.7 Å². The third-order valence-corrected chi connectivity index (χ3v) is 9.92. The second kappa shape index (κ2) is 15.8. The van der Waals surface area contributed by atoms with Crippen LogP contribution in [0.15, 0.2) is 158 Å². The zero-order valence-corrected chi connectivity index (χ0v) is 34.9. The van der Waals surface area contributed by atoms with Crippen LogP contribution in [0.5, 0.6) is 11.5 Å². The molecule has 5 nitrogen and oxygen atoms in total. The summed E-state index contributed by atoms with van der Waals surface area (Å²) in [5.41, 5.74) is 10.7. The van der Waals surface area contributed by atoms with Crippen molar-refractivity contribution >= 4 is 39.9 Å². The molecule has 1 aliphatic heterocycles. The Morgan fingerprint density at radius 3 is 1.88 bits per heavy atom. The van der Waals surface area contributed by atoms with Crippen molar-refractivity contribution < 1.29 is 25.8 Å². The number of rotatable bonds is 8. The maximum absolute atomic E-state index is 6.54. The molecule has 0 fully saturated rings. The molecule has 0 aliphatic carbocycles. The van der Waals surface area contributed by atoms with Crippen molar-refractivity contribution in [3.63, 3.8) is 0 Å². The van der Waals surface area contributed by atoms with E-state index in [-0.39, 0.29) is 31.9 Å². The van der Waals surface area contributed by atoms with Crippen molar-refractivity contribution in [1.82, 2.24) is 4.98 Å². The Hall–Kier alpha value is -5.64. The zero-order valence-electron chi connectivity index (χ0n) is 32.6. The molecule has 8 rings (SSSR count). The van der Waals surface area contributed by atoms with Gasteiger partial charge in [-0.25, -0.2) is 4.98 Å². The molecule has 0 amide bonds. The molecule has 0 bridgehead atoms. The van der Waals surface area contributed by atoms with E-state index in [2.05, 4.69) is 178 Å². The maximum atomic E-state index is 6.54. The Kier molecular flexibility index (Phi) is 10.9. The predicted molar refractivity (Wildman–Crippen MR) is 227 cm³/mol. The molecule has 0 atom stereocenters. The van der Waals surface area contributed by atoms with Gasteiger partial charge in [0, 0.05) is 67.1 Å². The summed E-state index contributed by atoms with van der Waals surface area (Å²) in [6.07, 6.45) is 1.88. The molecule has 0 saturated carbocycles. The van der Waals surface area contributed by atoms with Gasteiger partial charge in [-0.2, -0.15) is 12.1 Å². The van der Waals surface area contributed by atoms with Crippen LogP contribution >= 0.6 is 0 Å². The van der Waals surface area contributed by atoms with Crippen molar-refractivity contribution in [2.24, 2.45) is 0 Å². The summed E-state index contributed by atoms with van der Waals surface area (Å²) in [6.45, 7) is 15.6. The van der Waals surface area contributed by atoms with E-state index in [9.17, 15) is 0 Å². The molecule has 1 aliphatic rings. The van der Waals surface area contributed by atoms with Gasteiger partial charge in [0.1, 0.15) is 5.82 Å². The number of hydrogen-bond acceptors (Lipinski definition) is 5. The molecule has 0 saturated heterocycles. The maximum Gasteiger partial charge on any atom is 0.135 e. The minimum absolute atomic E-state index is 0. The van der Waals surface area contributed by atoms with Crippen molar-refractivity contribution in [1.29, 1.82) is 0 Å². The first-order valence-corrected chi connectivity index (χ1v) is 18.8. The van der Waals surface area contributed by atoms with Crippen LogP contribution < -0.4 is 19.4 Å². The number of fused-ring (bicyclic) bond motifs is 1. The third kappa shape index (κ3) is 8.01. The van der Waals surface area contributed by atoms with Crippen LogP contribution in [0.2, 0.25) is 0 Å². The molecule has 0 radical (unpaired) electrons. The number of aromatic nitrogens is 1. The first-order valence-electron chi connectivity index (χ1n) is 18.8. The van der Waals surface area contributed by atoms with E-state index in [1.165, 1.54) is 22.3 Å². The Balaban J connectivity index is 0.00000480. The number of ether oxygens (including phenoxy) is 1. The molecule has 6 heteroatoms. The van der Waals surface area contributed by atoms with Crippen LogP contribution in [-0.4, -0.2) is 4.98 Å². The van der Waals surface area contributed by atoms with E-state index in [1.807, 2.05) is 54.7 Å². The zero-order chi connectivity index (χ0) is 38.2. The summed E-state index contributed by atoms with van der Waals surface area (Å²) in [7, 11) is 0. The minimum atomic E-state index is -0.0272. The Labute approximate surface area is 346 Å². The van der Waals surface area contributed by atoms with E-state index in [0.717, 1.165) is 39.9 Å². The number of nitrogens with zero attached hydrogens (tertiary/aromatic N) is 4. The fourth-order valence-corrected chi connectivity index (χ4v) is 6.91. The molecule has 0 spiro atoms. The number of para-hydroxylation sites is 3. The first-order chi connectivity index (χ1) is 26.5. The Bertz CT molecular complexity index is 2440. The quantitative estimate of drug-likeness (QED) is 0.142. The van der Waals surface area contributed by atoms with Crippen molar-refractivity contribution in [2.45, 2.75) is 52.4 Å². The van der Waals surface area contributed by atoms with E-state index in [0.29, 0.717) is 11.5 Å². The Morgan fingerprint density at radius 1 is 0.571 bits per heavy atom. The number of pyridine rings is 1. The first kappa shape index (κ1) is 38.6. The molecule has 284 valence electrons. The van der Waals surface area contributed by atoms with Gasteiger partial charge in [0.25, 0.3) is 0 Å². The van der Waals surface area contributed by atoms with Gasteiger partial charge in [-0.3, -0.25) is 0 Å². The summed E-state index contributed by atoms with van der Waals surface area (Å²) in [5, 5.41) is 0. The number of anilines is 7. The summed E-state index contributed by atoms with van der Waals surface area (Å²) in [5.74, 6) is 1.99. The van der Waals surface area contributed by atoms with E-state index in [1.54, 1.807) is 0 Å².